The van der Waals surface area contributed by atoms with E-state index in [4.69, 9.17) is 5.73 Å². The van der Waals surface area contributed by atoms with Crippen LogP contribution in [-0.4, -0.2) is 47.1 Å². The molecule has 2 saturated heterocycles. The van der Waals surface area contributed by atoms with E-state index in [0.717, 1.165) is 25.5 Å². The molecule has 0 bridgehead atoms. The van der Waals surface area contributed by atoms with E-state index in [-0.39, 0.29) is 0 Å². The van der Waals surface area contributed by atoms with E-state index in [2.05, 4.69) is 19.8 Å². The van der Waals surface area contributed by atoms with Gasteiger partial charge in [-0.15, -0.1) is 0 Å². The van der Waals surface area contributed by atoms with Gasteiger partial charge < -0.3 is 10.6 Å². The zero-order valence-electron chi connectivity index (χ0n) is 10.0. The third-order valence-corrected chi connectivity index (χ3v) is 3.80. The fourth-order valence-corrected chi connectivity index (χ4v) is 2.89. The lowest BCUT2D eigenvalue weighted by atomic mass is 9.99. The Morgan fingerprint density at radius 3 is 3.00 bits per heavy atom. The van der Waals surface area contributed by atoms with Gasteiger partial charge in [-0.05, 0) is 19.4 Å². The first kappa shape index (κ1) is 10.8. The Hall–Kier alpha value is -1.36. The molecule has 5 heteroatoms. The second kappa shape index (κ2) is 4.49. The van der Waals surface area contributed by atoms with Crippen LogP contribution in [0.15, 0.2) is 12.4 Å². The molecule has 2 aliphatic rings. The van der Waals surface area contributed by atoms with Crippen LogP contribution in [0.1, 0.15) is 19.3 Å². The lowest BCUT2D eigenvalue weighted by Crippen LogP contribution is -2.55. The number of piperazine rings is 1. The van der Waals surface area contributed by atoms with Crippen LogP contribution in [0.4, 0.5) is 11.6 Å². The molecule has 1 unspecified atom stereocenters. The number of fused-ring (bicyclic) bond motifs is 1. The lowest BCUT2D eigenvalue weighted by molar-refractivity contribution is 0.133. The van der Waals surface area contributed by atoms with Crippen molar-refractivity contribution in [2.24, 2.45) is 0 Å². The molecule has 0 radical (unpaired) electrons. The summed E-state index contributed by atoms with van der Waals surface area (Å²) in [4.78, 5) is 13.4. The smallest absolute Gasteiger partial charge is 0.149 e. The van der Waals surface area contributed by atoms with Crippen molar-refractivity contribution < 1.29 is 0 Å². The van der Waals surface area contributed by atoms with Crippen LogP contribution in [0.25, 0.3) is 0 Å². The van der Waals surface area contributed by atoms with Gasteiger partial charge in [0, 0.05) is 25.7 Å². The topological polar surface area (TPSA) is 58.3 Å². The van der Waals surface area contributed by atoms with E-state index in [0.29, 0.717) is 11.9 Å². The van der Waals surface area contributed by atoms with Crippen molar-refractivity contribution in [3.05, 3.63) is 12.4 Å². The van der Waals surface area contributed by atoms with E-state index >= 15 is 0 Å². The highest BCUT2D eigenvalue weighted by Gasteiger charge is 2.29. The molecule has 0 aliphatic carbocycles. The van der Waals surface area contributed by atoms with E-state index < -0.39 is 0 Å². The van der Waals surface area contributed by atoms with Gasteiger partial charge in [-0.25, -0.2) is 4.98 Å². The summed E-state index contributed by atoms with van der Waals surface area (Å²) in [6.45, 7) is 4.51. The van der Waals surface area contributed by atoms with Gasteiger partial charge in [-0.3, -0.25) is 9.88 Å². The van der Waals surface area contributed by atoms with Crippen LogP contribution in [-0.2, 0) is 0 Å². The quantitative estimate of drug-likeness (QED) is 0.775. The second-order valence-electron chi connectivity index (χ2n) is 4.93. The van der Waals surface area contributed by atoms with Crippen molar-refractivity contribution >= 4 is 11.6 Å². The van der Waals surface area contributed by atoms with Gasteiger partial charge in [0.1, 0.15) is 11.6 Å². The molecular weight excluding hydrogens is 214 g/mol. The predicted molar refractivity (Wildman–Crippen MR) is 67.9 cm³/mol. The third-order valence-electron chi connectivity index (χ3n) is 3.80. The van der Waals surface area contributed by atoms with Gasteiger partial charge >= 0.3 is 0 Å². The number of piperidine rings is 1. The van der Waals surface area contributed by atoms with Crippen LogP contribution < -0.4 is 10.6 Å². The molecule has 1 aromatic rings. The Labute approximate surface area is 102 Å². The van der Waals surface area contributed by atoms with Gasteiger partial charge in [-0.2, -0.15) is 0 Å². The Kier molecular flexibility index (Phi) is 2.84. The summed E-state index contributed by atoms with van der Waals surface area (Å²) in [7, 11) is 0. The zero-order chi connectivity index (χ0) is 11.7. The Morgan fingerprint density at radius 2 is 2.12 bits per heavy atom. The fraction of sp³-hybridized carbons (Fsp3) is 0.667. The van der Waals surface area contributed by atoms with Gasteiger partial charge in [0.15, 0.2) is 0 Å². The molecule has 3 heterocycles. The maximum Gasteiger partial charge on any atom is 0.149 e. The summed E-state index contributed by atoms with van der Waals surface area (Å²) in [5.41, 5.74) is 5.69. The molecule has 2 aliphatic heterocycles. The minimum absolute atomic E-state index is 0.508. The van der Waals surface area contributed by atoms with E-state index in [1.165, 1.54) is 25.8 Å². The Balaban J connectivity index is 1.73. The summed E-state index contributed by atoms with van der Waals surface area (Å²) >= 11 is 0. The Morgan fingerprint density at radius 1 is 1.18 bits per heavy atom. The highest BCUT2D eigenvalue weighted by Crippen LogP contribution is 2.23. The molecule has 2 fully saturated rings. The first-order valence-corrected chi connectivity index (χ1v) is 6.39. The number of rotatable bonds is 1. The molecule has 3 rings (SSSR count). The summed E-state index contributed by atoms with van der Waals surface area (Å²) in [6, 6.07) is 0.695. The second-order valence-corrected chi connectivity index (χ2v) is 4.93. The molecule has 0 spiro atoms. The number of nitrogens with zero attached hydrogens (tertiary/aromatic N) is 4. The lowest BCUT2D eigenvalue weighted by Gasteiger charge is -2.44. The minimum Gasteiger partial charge on any atom is -0.382 e. The average molecular weight is 233 g/mol. The zero-order valence-corrected chi connectivity index (χ0v) is 10.0. The highest BCUT2D eigenvalue weighted by molar-refractivity contribution is 5.42. The average Bonchev–Trinajstić information content (AvgIpc) is 2.38. The molecule has 0 saturated carbocycles. The summed E-state index contributed by atoms with van der Waals surface area (Å²) in [5, 5.41) is 0. The van der Waals surface area contributed by atoms with Crippen LogP contribution in [0.2, 0.25) is 0 Å². The minimum atomic E-state index is 0.508. The molecule has 1 aromatic heterocycles. The third kappa shape index (κ3) is 2.20. The van der Waals surface area contributed by atoms with Gasteiger partial charge in [0.25, 0.3) is 0 Å². The van der Waals surface area contributed by atoms with Crippen molar-refractivity contribution in [2.45, 2.75) is 25.3 Å². The molecule has 0 amide bonds. The van der Waals surface area contributed by atoms with Crippen LogP contribution in [0.3, 0.4) is 0 Å². The first-order valence-electron chi connectivity index (χ1n) is 6.39. The van der Waals surface area contributed by atoms with Crippen molar-refractivity contribution in [3.63, 3.8) is 0 Å². The Bertz CT molecular complexity index is 394. The SMILES string of the molecule is Nc1cncc(N2CCN3CCCCC3C2)n1. The number of nitrogen functional groups attached to an aromatic ring is 1. The molecular formula is C12H19N5. The highest BCUT2D eigenvalue weighted by atomic mass is 15.3. The van der Waals surface area contributed by atoms with Gasteiger partial charge in [0.05, 0.1) is 12.4 Å². The monoisotopic (exact) mass is 233 g/mol. The largest absolute Gasteiger partial charge is 0.382 e. The fourth-order valence-electron chi connectivity index (χ4n) is 2.89. The normalized spacial score (nSPS) is 25.6. The molecule has 1 atom stereocenters. The predicted octanol–water partition coefficient (Wildman–Crippen LogP) is 0.733. The molecule has 0 aromatic carbocycles. The van der Waals surface area contributed by atoms with E-state index in [1.54, 1.807) is 6.20 Å². The maximum atomic E-state index is 5.69. The van der Waals surface area contributed by atoms with Crippen molar-refractivity contribution in [2.75, 3.05) is 36.8 Å². The number of hydrogen-bond donors (Lipinski definition) is 1. The molecule has 17 heavy (non-hydrogen) atoms. The summed E-state index contributed by atoms with van der Waals surface area (Å²) < 4.78 is 0. The number of nitrogens with two attached hydrogens (primary N) is 1. The number of hydrogen-bond acceptors (Lipinski definition) is 5. The number of aromatic nitrogens is 2. The standard InChI is InChI=1S/C12H19N5/c13-11-7-14-8-12(15-11)17-6-5-16-4-2-1-3-10(16)9-17/h7-8,10H,1-6,9H2,(H2,13,15). The van der Waals surface area contributed by atoms with Crippen molar-refractivity contribution in [1.82, 2.24) is 14.9 Å². The van der Waals surface area contributed by atoms with E-state index in [9.17, 15) is 0 Å². The van der Waals surface area contributed by atoms with E-state index in [1.807, 2.05) is 6.20 Å². The van der Waals surface area contributed by atoms with Crippen LogP contribution in [0.5, 0.6) is 0 Å². The van der Waals surface area contributed by atoms with Gasteiger partial charge in [0.2, 0.25) is 0 Å². The van der Waals surface area contributed by atoms with Gasteiger partial charge in [-0.1, -0.05) is 6.42 Å². The van der Waals surface area contributed by atoms with Crippen LogP contribution >= 0.6 is 0 Å². The molecule has 2 N–H and O–H groups in total. The summed E-state index contributed by atoms with van der Waals surface area (Å²) in [5.74, 6) is 1.43. The van der Waals surface area contributed by atoms with Crippen molar-refractivity contribution in [3.8, 4) is 0 Å². The first-order chi connectivity index (χ1) is 8.33. The molecule has 5 nitrogen and oxygen atoms in total. The summed E-state index contributed by atoms with van der Waals surface area (Å²) in [6.07, 6.45) is 7.44. The van der Waals surface area contributed by atoms with Crippen molar-refractivity contribution in [1.29, 1.82) is 0 Å². The number of anilines is 2. The molecule has 92 valence electrons. The maximum absolute atomic E-state index is 5.69. The van der Waals surface area contributed by atoms with Crippen LogP contribution in [0, 0.1) is 0 Å².